The van der Waals surface area contributed by atoms with Gasteiger partial charge in [0.1, 0.15) is 11.5 Å². The average molecular weight is 412 g/mol. The summed E-state index contributed by atoms with van der Waals surface area (Å²) >= 11 is 1.50. The molecule has 1 N–H and O–H groups in total. The Hall–Kier alpha value is -2.60. The van der Waals surface area contributed by atoms with Crippen LogP contribution in [-0.2, 0) is 9.59 Å². The predicted molar refractivity (Wildman–Crippen MR) is 113 cm³/mol. The van der Waals surface area contributed by atoms with Crippen molar-refractivity contribution in [2.24, 2.45) is 0 Å². The van der Waals surface area contributed by atoms with E-state index in [0.29, 0.717) is 17.9 Å². The lowest BCUT2D eigenvalue weighted by molar-refractivity contribution is -0.141. The first kappa shape index (κ1) is 19.7. The Morgan fingerprint density at radius 2 is 2.00 bits per heavy atom. The van der Waals surface area contributed by atoms with Crippen LogP contribution >= 0.6 is 11.3 Å². The van der Waals surface area contributed by atoms with Gasteiger partial charge in [-0.3, -0.25) is 9.59 Å². The van der Waals surface area contributed by atoms with Gasteiger partial charge in [-0.1, -0.05) is 38.0 Å². The van der Waals surface area contributed by atoms with E-state index in [4.69, 9.17) is 4.74 Å². The fraction of sp³-hybridized carbons (Fsp3) is 0.391. The van der Waals surface area contributed by atoms with E-state index in [1.807, 2.05) is 30.5 Å². The van der Waals surface area contributed by atoms with Gasteiger partial charge in [-0.2, -0.15) is 0 Å². The number of rotatable bonds is 6. The SMILES string of the molecule is CCCOc1cccc(/C(O)=C2/C(=O)C(=O)N(C3CCCC3)C2c2cccs2)c1. The van der Waals surface area contributed by atoms with Crippen LogP contribution in [0.4, 0.5) is 0 Å². The van der Waals surface area contributed by atoms with Gasteiger partial charge in [0.25, 0.3) is 11.7 Å². The van der Waals surface area contributed by atoms with Crippen LogP contribution in [0.15, 0.2) is 47.4 Å². The van der Waals surface area contributed by atoms with E-state index in [1.165, 1.54) is 11.3 Å². The van der Waals surface area contributed by atoms with E-state index < -0.39 is 17.7 Å². The van der Waals surface area contributed by atoms with Crippen LogP contribution < -0.4 is 4.74 Å². The number of ketones is 1. The molecule has 5 nitrogen and oxygen atoms in total. The fourth-order valence-corrected chi connectivity index (χ4v) is 5.08. The Morgan fingerprint density at radius 3 is 2.69 bits per heavy atom. The molecule has 1 aromatic carbocycles. The van der Waals surface area contributed by atoms with Gasteiger partial charge in [0.15, 0.2) is 0 Å². The highest BCUT2D eigenvalue weighted by molar-refractivity contribution is 7.10. The Balaban J connectivity index is 1.79. The molecule has 2 aliphatic rings. The van der Waals surface area contributed by atoms with Crippen molar-refractivity contribution in [3.63, 3.8) is 0 Å². The molecule has 0 radical (unpaired) electrons. The topological polar surface area (TPSA) is 66.8 Å². The minimum Gasteiger partial charge on any atom is -0.507 e. The van der Waals surface area contributed by atoms with Gasteiger partial charge in [-0.15, -0.1) is 11.3 Å². The molecule has 6 heteroatoms. The summed E-state index contributed by atoms with van der Waals surface area (Å²) in [5.41, 5.74) is 0.668. The van der Waals surface area contributed by atoms with Crippen molar-refractivity contribution in [1.82, 2.24) is 4.90 Å². The lowest BCUT2D eigenvalue weighted by atomic mass is 9.99. The van der Waals surface area contributed by atoms with Gasteiger partial charge >= 0.3 is 0 Å². The number of Topliss-reactive ketones (excluding diaryl/α,β-unsaturated/α-hetero) is 1. The van der Waals surface area contributed by atoms with Crippen molar-refractivity contribution in [2.45, 2.75) is 51.1 Å². The summed E-state index contributed by atoms with van der Waals surface area (Å²) in [4.78, 5) is 28.6. The minimum absolute atomic E-state index is 0.0445. The normalized spacial score (nSPS) is 21.8. The van der Waals surface area contributed by atoms with Crippen LogP contribution in [-0.4, -0.2) is 34.3 Å². The molecule has 2 aromatic rings. The number of carbonyl (C=O) groups is 2. The highest BCUT2D eigenvalue weighted by Gasteiger charge is 2.49. The molecule has 1 aliphatic carbocycles. The van der Waals surface area contributed by atoms with Crippen LogP contribution in [0, 0.1) is 0 Å². The molecule has 1 amide bonds. The summed E-state index contributed by atoms with van der Waals surface area (Å²) in [5.74, 6) is -0.610. The molecule has 0 bridgehead atoms. The van der Waals surface area contributed by atoms with E-state index in [1.54, 1.807) is 23.1 Å². The van der Waals surface area contributed by atoms with Gasteiger partial charge in [0.2, 0.25) is 0 Å². The van der Waals surface area contributed by atoms with E-state index in [9.17, 15) is 14.7 Å². The molecule has 2 fully saturated rings. The van der Waals surface area contributed by atoms with E-state index in [2.05, 4.69) is 0 Å². The molecular weight excluding hydrogens is 386 g/mol. The Kier molecular flexibility index (Phi) is 5.72. The number of benzene rings is 1. The molecule has 1 unspecified atom stereocenters. The molecule has 4 rings (SSSR count). The molecule has 1 atom stereocenters. The van der Waals surface area contributed by atoms with Crippen LogP contribution in [0.3, 0.4) is 0 Å². The van der Waals surface area contributed by atoms with Gasteiger partial charge in [-0.05, 0) is 42.8 Å². The zero-order valence-corrected chi connectivity index (χ0v) is 17.3. The number of likely N-dealkylation sites (tertiary alicyclic amines) is 1. The molecular formula is C23H25NO4S. The largest absolute Gasteiger partial charge is 0.507 e. The van der Waals surface area contributed by atoms with Crippen molar-refractivity contribution in [2.75, 3.05) is 6.61 Å². The van der Waals surface area contributed by atoms with Gasteiger partial charge in [0.05, 0.1) is 18.2 Å². The summed E-state index contributed by atoms with van der Waals surface area (Å²) in [6, 6.07) is 10.4. The number of amides is 1. The van der Waals surface area contributed by atoms with Crippen molar-refractivity contribution in [3.05, 3.63) is 57.8 Å². The second-order valence-electron chi connectivity index (χ2n) is 7.54. The highest BCUT2D eigenvalue weighted by atomic mass is 32.1. The maximum absolute atomic E-state index is 13.0. The van der Waals surface area contributed by atoms with E-state index >= 15 is 0 Å². The molecule has 29 heavy (non-hydrogen) atoms. The smallest absolute Gasteiger partial charge is 0.295 e. The number of thiophene rings is 1. The Morgan fingerprint density at radius 1 is 1.21 bits per heavy atom. The van der Waals surface area contributed by atoms with Crippen LogP contribution in [0.5, 0.6) is 5.75 Å². The first-order valence-electron chi connectivity index (χ1n) is 10.2. The first-order chi connectivity index (χ1) is 14.1. The number of hydrogen-bond acceptors (Lipinski definition) is 5. The molecule has 2 heterocycles. The third-order valence-electron chi connectivity index (χ3n) is 5.59. The number of nitrogens with zero attached hydrogens (tertiary/aromatic N) is 1. The number of carbonyl (C=O) groups excluding carboxylic acids is 2. The van der Waals surface area contributed by atoms with Crippen molar-refractivity contribution < 1.29 is 19.4 Å². The van der Waals surface area contributed by atoms with E-state index in [-0.39, 0.29) is 17.4 Å². The second-order valence-corrected chi connectivity index (χ2v) is 8.52. The molecule has 1 aromatic heterocycles. The third-order valence-corrected chi connectivity index (χ3v) is 6.52. The maximum Gasteiger partial charge on any atom is 0.295 e. The first-order valence-corrected chi connectivity index (χ1v) is 11.1. The standard InChI is InChI=1S/C23H25NO4S/c1-2-12-28-17-10-5-7-15(14-17)21(25)19-20(18-11-6-13-29-18)24(23(27)22(19)26)16-8-3-4-9-16/h5-7,10-11,13-14,16,20,25H,2-4,8-9,12H2,1H3/b21-19-. The molecule has 1 saturated carbocycles. The van der Waals surface area contributed by atoms with Crippen LogP contribution in [0.2, 0.25) is 0 Å². The zero-order valence-electron chi connectivity index (χ0n) is 16.5. The average Bonchev–Trinajstić information content (AvgIpc) is 3.48. The molecule has 152 valence electrons. The summed E-state index contributed by atoms with van der Waals surface area (Å²) in [5, 5.41) is 13.1. The van der Waals surface area contributed by atoms with E-state index in [0.717, 1.165) is 37.0 Å². The second kappa shape index (κ2) is 8.41. The predicted octanol–water partition coefficient (Wildman–Crippen LogP) is 4.90. The minimum atomic E-state index is -0.604. The number of aliphatic hydroxyl groups is 1. The summed E-state index contributed by atoms with van der Waals surface area (Å²) in [6.07, 6.45) is 4.79. The van der Waals surface area contributed by atoms with Crippen LogP contribution in [0.1, 0.15) is 55.5 Å². The Labute approximate surface area is 174 Å². The van der Waals surface area contributed by atoms with Gasteiger partial charge < -0.3 is 14.7 Å². The van der Waals surface area contributed by atoms with Crippen molar-refractivity contribution in [1.29, 1.82) is 0 Å². The van der Waals surface area contributed by atoms with Gasteiger partial charge in [-0.25, -0.2) is 0 Å². The highest BCUT2D eigenvalue weighted by Crippen LogP contribution is 2.44. The van der Waals surface area contributed by atoms with Crippen molar-refractivity contribution >= 4 is 28.8 Å². The molecule has 0 spiro atoms. The number of hydrogen-bond donors (Lipinski definition) is 1. The lowest BCUT2D eigenvalue weighted by Crippen LogP contribution is -2.37. The maximum atomic E-state index is 13.0. The number of aliphatic hydroxyl groups excluding tert-OH is 1. The summed E-state index contributed by atoms with van der Waals surface area (Å²) in [6.45, 7) is 2.60. The zero-order chi connectivity index (χ0) is 20.4. The quantitative estimate of drug-likeness (QED) is 0.417. The molecule has 1 saturated heterocycles. The van der Waals surface area contributed by atoms with Crippen molar-refractivity contribution in [3.8, 4) is 5.75 Å². The lowest BCUT2D eigenvalue weighted by Gasteiger charge is -2.29. The Bertz CT molecular complexity index is 928. The summed E-state index contributed by atoms with van der Waals surface area (Å²) < 4.78 is 5.66. The number of ether oxygens (including phenoxy) is 1. The summed E-state index contributed by atoms with van der Waals surface area (Å²) in [7, 11) is 0. The molecule has 1 aliphatic heterocycles. The third kappa shape index (κ3) is 3.69. The van der Waals surface area contributed by atoms with Crippen LogP contribution in [0.25, 0.3) is 5.76 Å². The van der Waals surface area contributed by atoms with Gasteiger partial charge in [0, 0.05) is 16.5 Å². The monoisotopic (exact) mass is 411 g/mol. The fourth-order valence-electron chi connectivity index (χ4n) is 4.24.